The van der Waals surface area contributed by atoms with Gasteiger partial charge in [-0.25, -0.2) is 17.2 Å². The van der Waals surface area contributed by atoms with Crippen molar-refractivity contribution in [1.82, 2.24) is 13.9 Å². The highest BCUT2D eigenvalue weighted by molar-refractivity contribution is 7.90. The maximum Gasteiger partial charge on any atom is 0.407 e. The highest BCUT2D eigenvalue weighted by Gasteiger charge is 2.23. The molecule has 3 rings (SSSR count). The predicted molar refractivity (Wildman–Crippen MR) is 101 cm³/mol. The van der Waals surface area contributed by atoms with E-state index in [0.29, 0.717) is 22.4 Å². The molecule has 142 valence electrons. The van der Waals surface area contributed by atoms with Crippen molar-refractivity contribution < 1.29 is 18.3 Å². The number of carbonyl (C=O) groups is 1. The van der Waals surface area contributed by atoms with Crippen LogP contribution in [0.25, 0.3) is 11.3 Å². The van der Waals surface area contributed by atoms with Crippen LogP contribution in [0.2, 0.25) is 0 Å². The van der Waals surface area contributed by atoms with Crippen LogP contribution in [0.4, 0.5) is 4.79 Å². The van der Waals surface area contributed by atoms with Crippen LogP contribution < -0.4 is 0 Å². The fourth-order valence-corrected chi connectivity index (χ4v) is 4.06. The summed E-state index contributed by atoms with van der Waals surface area (Å²) < 4.78 is 27.4. The molecule has 0 atom stereocenters. The molecule has 0 aliphatic carbocycles. The van der Waals surface area contributed by atoms with Crippen LogP contribution >= 0.6 is 0 Å². The first-order chi connectivity index (χ1) is 13.3. The minimum atomic E-state index is -3.97. The van der Waals surface area contributed by atoms with Crippen LogP contribution in [0.1, 0.15) is 11.1 Å². The second-order valence-electron chi connectivity index (χ2n) is 6.05. The Morgan fingerprint density at radius 3 is 2.71 bits per heavy atom. The Balaban J connectivity index is 2.18. The number of hydrogen-bond donors (Lipinski definition) is 1. The van der Waals surface area contributed by atoms with Crippen molar-refractivity contribution in [2.24, 2.45) is 0 Å². The molecule has 0 fully saturated rings. The summed E-state index contributed by atoms with van der Waals surface area (Å²) in [5, 5.41) is 18.2. The van der Waals surface area contributed by atoms with Crippen molar-refractivity contribution in [2.75, 3.05) is 7.05 Å². The number of aromatic nitrogens is 2. The van der Waals surface area contributed by atoms with Gasteiger partial charge in [0, 0.05) is 31.2 Å². The fraction of sp³-hybridized carbons (Fsp3) is 0.105. The third-order valence-corrected chi connectivity index (χ3v) is 5.72. The maximum atomic E-state index is 13.1. The van der Waals surface area contributed by atoms with E-state index in [2.05, 4.69) is 4.98 Å². The summed E-state index contributed by atoms with van der Waals surface area (Å²) in [5.74, 6) is 0. The summed E-state index contributed by atoms with van der Waals surface area (Å²) in [6.07, 6.45) is 2.97. The van der Waals surface area contributed by atoms with Gasteiger partial charge in [-0.2, -0.15) is 5.26 Å². The van der Waals surface area contributed by atoms with Crippen molar-refractivity contribution in [3.05, 3.63) is 72.2 Å². The molecule has 2 heterocycles. The Labute approximate surface area is 162 Å². The third kappa shape index (κ3) is 3.72. The first-order valence-corrected chi connectivity index (χ1v) is 9.58. The average molecular weight is 396 g/mol. The standard InChI is InChI=1S/C19H16N4O4S/c1-22(19(24)25)12-15-9-18(16-5-2-4-14(8-16)10-20)23(13-15)28(26,27)17-6-3-7-21-11-17/h2-9,11,13H,12H2,1H3,(H,24,25). The summed E-state index contributed by atoms with van der Waals surface area (Å²) >= 11 is 0. The van der Waals surface area contributed by atoms with Crippen molar-refractivity contribution >= 4 is 16.1 Å². The Morgan fingerprint density at radius 1 is 1.29 bits per heavy atom. The molecule has 1 aromatic carbocycles. The number of benzene rings is 1. The monoisotopic (exact) mass is 396 g/mol. The van der Waals surface area contributed by atoms with Crippen LogP contribution in [0.15, 0.2) is 66.0 Å². The minimum Gasteiger partial charge on any atom is -0.465 e. The molecular formula is C19H16N4O4S. The maximum absolute atomic E-state index is 13.1. The van der Waals surface area contributed by atoms with Gasteiger partial charge in [-0.1, -0.05) is 12.1 Å². The topological polar surface area (TPSA) is 116 Å². The van der Waals surface area contributed by atoms with Gasteiger partial charge in [-0.3, -0.25) is 4.98 Å². The molecule has 2 aromatic heterocycles. The quantitative estimate of drug-likeness (QED) is 0.709. The lowest BCUT2D eigenvalue weighted by Gasteiger charge is -2.11. The van der Waals surface area contributed by atoms with Crippen molar-refractivity contribution in [3.8, 4) is 17.3 Å². The molecule has 0 saturated carbocycles. The van der Waals surface area contributed by atoms with Gasteiger partial charge < -0.3 is 10.0 Å². The molecule has 0 bridgehead atoms. The lowest BCUT2D eigenvalue weighted by Crippen LogP contribution is -2.23. The first kappa shape index (κ1) is 19.1. The summed E-state index contributed by atoms with van der Waals surface area (Å²) in [5.41, 5.74) is 1.73. The van der Waals surface area contributed by atoms with Gasteiger partial charge in [-0.15, -0.1) is 0 Å². The Kier molecular flexibility index (Phi) is 5.15. The van der Waals surface area contributed by atoms with Gasteiger partial charge in [0.1, 0.15) is 4.90 Å². The highest BCUT2D eigenvalue weighted by Crippen LogP contribution is 2.28. The first-order valence-electron chi connectivity index (χ1n) is 8.14. The molecule has 0 unspecified atom stereocenters. The molecule has 0 radical (unpaired) electrons. The second kappa shape index (κ2) is 7.54. The molecule has 0 saturated heterocycles. The lowest BCUT2D eigenvalue weighted by molar-refractivity contribution is 0.154. The number of nitrogens with zero attached hydrogens (tertiary/aromatic N) is 4. The Hall–Kier alpha value is -3.64. The number of hydrogen-bond acceptors (Lipinski definition) is 5. The van der Waals surface area contributed by atoms with Crippen molar-refractivity contribution in [3.63, 3.8) is 0 Å². The number of carboxylic acid groups (broad SMARTS) is 1. The summed E-state index contributed by atoms with van der Waals surface area (Å²) in [6.45, 7) is 0.00976. The van der Waals surface area contributed by atoms with Crippen molar-refractivity contribution in [1.29, 1.82) is 5.26 Å². The third-order valence-electron chi connectivity index (χ3n) is 4.07. The molecular weight excluding hydrogens is 380 g/mol. The van der Waals surface area contributed by atoms with Gasteiger partial charge in [0.2, 0.25) is 0 Å². The van der Waals surface area contributed by atoms with Gasteiger partial charge in [0.05, 0.1) is 23.9 Å². The van der Waals surface area contributed by atoms with E-state index in [4.69, 9.17) is 10.4 Å². The average Bonchev–Trinajstić information content (AvgIpc) is 3.13. The van der Waals surface area contributed by atoms with Crippen LogP contribution in [0.3, 0.4) is 0 Å². The van der Waals surface area contributed by atoms with Crippen LogP contribution in [0, 0.1) is 11.3 Å². The van der Waals surface area contributed by atoms with Crippen LogP contribution in [-0.2, 0) is 16.6 Å². The SMILES string of the molecule is CN(Cc1cc(-c2cccc(C#N)c2)n(S(=O)(=O)c2cccnc2)c1)C(=O)O. The molecule has 0 aliphatic heterocycles. The zero-order valence-corrected chi connectivity index (χ0v) is 15.7. The summed E-state index contributed by atoms with van der Waals surface area (Å²) in [7, 11) is -2.57. The zero-order valence-electron chi connectivity index (χ0n) is 14.8. The van der Waals surface area contributed by atoms with E-state index >= 15 is 0 Å². The van der Waals surface area contributed by atoms with Crippen LogP contribution in [-0.4, -0.2) is 40.5 Å². The van der Waals surface area contributed by atoms with Gasteiger partial charge in [0.15, 0.2) is 0 Å². The fourth-order valence-electron chi connectivity index (χ4n) is 2.70. The number of amides is 1. The Morgan fingerprint density at radius 2 is 2.07 bits per heavy atom. The number of pyridine rings is 1. The smallest absolute Gasteiger partial charge is 0.407 e. The molecule has 3 aromatic rings. The van der Waals surface area contributed by atoms with E-state index in [0.717, 1.165) is 8.87 Å². The Bertz CT molecular complexity index is 1160. The largest absolute Gasteiger partial charge is 0.465 e. The summed E-state index contributed by atoms with van der Waals surface area (Å²) in [6, 6.07) is 13.1. The minimum absolute atomic E-state index is 0.00132. The van der Waals surface area contributed by atoms with E-state index < -0.39 is 16.1 Å². The lowest BCUT2D eigenvalue weighted by atomic mass is 10.1. The van der Waals surface area contributed by atoms with Gasteiger partial charge in [-0.05, 0) is 35.9 Å². The van der Waals surface area contributed by atoms with Crippen molar-refractivity contribution in [2.45, 2.75) is 11.4 Å². The molecule has 9 heteroatoms. The van der Waals surface area contributed by atoms with Gasteiger partial charge >= 0.3 is 6.09 Å². The molecule has 0 spiro atoms. The normalized spacial score (nSPS) is 11.0. The van der Waals surface area contributed by atoms with Crippen LogP contribution in [0.5, 0.6) is 0 Å². The number of rotatable bonds is 5. The van der Waals surface area contributed by atoms with Gasteiger partial charge in [0.25, 0.3) is 10.0 Å². The predicted octanol–water partition coefficient (Wildman–Crippen LogP) is 2.77. The molecule has 1 N–H and O–H groups in total. The molecule has 28 heavy (non-hydrogen) atoms. The van der Waals surface area contributed by atoms with E-state index in [-0.39, 0.29) is 11.4 Å². The molecule has 1 amide bonds. The summed E-state index contributed by atoms with van der Waals surface area (Å²) in [4.78, 5) is 16.0. The van der Waals surface area contributed by atoms with E-state index in [9.17, 15) is 13.2 Å². The molecule has 0 aliphatic rings. The second-order valence-corrected chi connectivity index (χ2v) is 7.87. The van der Waals surface area contributed by atoms with E-state index in [1.165, 1.54) is 37.8 Å². The van der Waals surface area contributed by atoms with E-state index in [1.54, 1.807) is 30.3 Å². The molecule has 8 nitrogen and oxygen atoms in total. The zero-order chi connectivity index (χ0) is 20.3. The highest BCUT2D eigenvalue weighted by atomic mass is 32.2. The van der Waals surface area contributed by atoms with E-state index in [1.807, 2.05) is 6.07 Å². The number of nitriles is 1.